The van der Waals surface area contributed by atoms with Crippen LogP contribution in [0.1, 0.15) is 0 Å². The second-order valence-electron chi connectivity index (χ2n) is 7.94. The van der Waals surface area contributed by atoms with Gasteiger partial charge in [-0.05, 0) is 36.4 Å². The van der Waals surface area contributed by atoms with Crippen molar-refractivity contribution in [3.05, 3.63) is 64.9 Å². The Labute approximate surface area is 206 Å². The molecule has 3 heterocycles. The molecule has 0 atom stereocenters. The number of hydrogen-bond donors (Lipinski definition) is 0. The maximum absolute atomic E-state index is 11.6. The molecule has 174 valence electrons. The van der Waals surface area contributed by atoms with Crippen LogP contribution < -0.4 is 4.90 Å². The highest BCUT2D eigenvalue weighted by molar-refractivity contribution is 6.33. The Hall–Kier alpha value is -3.20. The van der Waals surface area contributed by atoms with E-state index in [1.807, 2.05) is 53.1 Å². The molecule has 10 heteroatoms. The highest BCUT2D eigenvalue weighted by Gasteiger charge is 2.25. The second-order valence-corrected chi connectivity index (χ2v) is 8.78. The number of benzene rings is 2. The zero-order valence-electron chi connectivity index (χ0n) is 18.5. The molecule has 2 aromatic carbocycles. The lowest BCUT2D eigenvalue weighted by atomic mass is 10.2. The van der Waals surface area contributed by atoms with E-state index in [0.717, 1.165) is 30.2 Å². The molecule has 0 spiro atoms. The first kappa shape index (κ1) is 22.6. The van der Waals surface area contributed by atoms with Crippen LogP contribution in [0.2, 0.25) is 10.0 Å². The second kappa shape index (κ2) is 9.58. The van der Waals surface area contributed by atoms with Gasteiger partial charge >= 0.3 is 5.97 Å². The molecule has 5 rings (SSSR count). The van der Waals surface area contributed by atoms with E-state index in [9.17, 15) is 4.79 Å². The Kier molecular flexibility index (Phi) is 6.36. The molecule has 0 N–H and O–H groups in total. The SMILES string of the molecule is COC(=O)CN1CCN(c2ncnc3c2nc(-c2ccccc2Cl)n3-c2ccc(Cl)cc2)CC1. The summed E-state index contributed by atoms with van der Waals surface area (Å²) in [5, 5.41) is 1.24. The average Bonchev–Trinajstić information content (AvgIpc) is 3.25. The Morgan fingerprint density at radius 3 is 2.44 bits per heavy atom. The average molecular weight is 497 g/mol. The van der Waals surface area contributed by atoms with Crippen LogP contribution in [0.15, 0.2) is 54.9 Å². The Balaban J connectivity index is 1.59. The van der Waals surface area contributed by atoms with Gasteiger partial charge in [-0.15, -0.1) is 0 Å². The Bertz CT molecular complexity index is 1330. The van der Waals surface area contributed by atoms with E-state index in [0.29, 0.717) is 40.1 Å². The molecule has 0 amide bonds. The minimum absolute atomic E-state index is 0.232. The molecule has 4 aromatic rings. The number of rotatable bonds is 5. The first-order valence-electron chi connectivity index (χ1n) is 10.8. The molecule has 0 unspecified atom stereocenters. The molecule has 1 saturated heterocycles. The normalized spacial score (nSPS) is 14.5. The van der Waals surface area contributed by atoms with Crippen LogP contribution in [-0.4, -0.2) is 70.2 Å². The highest BCUT2D eigenvalue weighted by Crippen LogP contribution is 2.34. The van der Waals surface area contributed by atoms with E-state index in [-0.39, 0.29) is 12.5 Å². The minimum atomic E-state index is -0.232. The van der Waals surface area contributed by atoms with Crippen molar-refractivity contribution < 1.29 is 9.53 Å². The third-order valence-electron chi connectivity index (χ3n) is 5.88. The predicted molar refractivity (Wildman–Crippen MR) is 133 cm³/mol. The minimum Gasteiger partial charge on any atom is -0.468 e. The number of nitrogens with zero attached hydrogens (tertiary/aromatic N) is 6. The van der Waals surface area contributed by atoms with Crippen molar-refractivity contribution in [3.8, 4) is 17.1 Å². The van der Waals surface area contributed by atoms with Crippen LogP contribution in [0.5, 0.6) is 0 Å². The molecule has 2 aromatic heterocycles. The fourth-order valence-corrected chi connectivity index (χ4v) is 4.48. The van der Waals surface area contributed by atoms with Crippen molar-refractivity contribution in [2.75, 3.05) is 44.7 Å². The molecule has 8 nitrogen and oxygen atoms in total. The van der Waals surface area contributed by atoms with Gasteiger partial charge in [-0.2, -0.15) is 0 Å². The molecule has 0 radical (unpaired) electrons. The summed E-state index contributed by atoms with van der Waals surface area (Å²) in [5.41, 5.74) is 3.04. The summed E-state index contributed by atoms with van der Waals surface area (Å²) in [6, 6.07) is 15.1. The number of carbonyl (C=O) groups excluding carboxylic acids is 1. The monoisotopic (exact) mass is 496 g/mol. The molecular weight excluding hydrogens is 475 g/mol. The van der Waals surface area contributed by atoms with Crippen molar-refractivity contribution in [1.82, 2.24) is 24.4 Å². The maximum atomic E-state index is 11.6. The third kappa shape index (κ3) is 4.32. The van der Waals surface area contributed by atoms with Gasteiger partial charge in [0.15, 0.2) is 17.0 Å². The van der Waals surface area contributed by atoms with Gasteiger partial charge in [0, 0.05) is 42.5 Å². The van der Waals surface area contributed by atoms with Crippen LogP contribution in [0.4, 0.5) is 5.82 Å². The van der Waals surface area contributed by atoms with Crippen molar-refractivity contribution in [2.24, 2.45) is 0 Å². The van der Waals surface area contributed by atoms with Gasteiger partial charge in [0.25, 0.3) is 0 Å². The van der Waals surface area contributed by atoms with Gasteiger partial charge in [-0.3, -0.25) is 14.3 Å². The summed E-state index contributed by atoms with van der Waals surface area (Å²) in [5.74, 6) is 1.20. The number of piperazine rings is 1. The van der Waals surface area contributed by atoms with Crippen molar-refractivity contribution in [1.29, 1.82) is 0 Å². The lowest BCUT2D eigenvalue weighted by molar-refractivity contribution is -0.142. The number of anilines is 1. The van der Waals surface area contributed by atoms with Gasteiger partial charge < -0.3 is 9.64 Å². The number of ether oxygens (including phenoxy) is 1. The molecule has 34 heavy (non-hydrogen) atoms. The molecular formula is C24H22Cl2N6O2. The van der Waals surface area contributed by atoms with Gasteiger partial charge in [-0.25, -0.2) is 15.0 Å². The predicted octanol–water partition coefficient (Wildman–Crippen LogP) is 4.08. The molecule has 1 aliphatic rings. The van der Waals surface area contributed by atoms with E-state index in [4.69, 9.17) is 32.9 Å². The molecule has 0 saturated carbocycles. The van der Waals surface area contributed by atoms with Crippen molar-refractivity contribution >= 4 is 46.2 Å². The maximum Gasteiger partial charge on any atom is 0.319 e. The highest BCUT2D eigenvalue weighted by atomic mass is 35.5. The number of aromatic nitrogens is 4. The lowest BCUT2D eigenvalue weighted by Crippen LogP contribution is -2.48. The summed E-state index contributed by atoms with van der Waals surface area (Å²) in [6.45, 7) is 3.13. The first-order valence-corrected chi connectivity index (χ1v) is 11.6. The van der Waals surface area contributed by atoms with Crippen molar-refractivity contribution in [2.45, 2.75) is 0 Å². The zero-order valence-corrected chi connectivity index (χ0v) is 20.0. The fraction of sp³-hybridized carbons (Fsp3) is 0.250. The summed E-state index contributed by atoms with van der Waals surface area (Å²) in [4.78, 5) is 30.0. The first-order chi connectivity index (χ1) is 16.5. The van der Waals surface area contributed by atoms with Crippen molar-refractivity contribution in [3.63, 3.8) is 0 Å². The number of fused-ring (bicyclic) bond motifs is 1. The van der Waals surface area contributed by atoms with E-state index in [2.05, 4.69) is 19.8 Å². The van der Waals surface area contributed by atoms with Crippen LogP contribution in [0.3, 0.4) is 0 Å². The van der Waals surface area contributed by atoms with E-state index >= 15 is 0 Å². The van der Waals surface area contributed by atoms with E-state index < -0.39 is 0 Å². The number of esters is 1. The van der Waals surface area contributed by atoms with E-state index in [1.165, 1.54) is 7.11 Å². The van der Waals surface area contributed by atoms with Gasteiger partial charge in [0.2, 0.25) is 0 Å². The summed E-state index contributed by atoms with van der Waals surface area (Å²) >= 11 is 12.7. The summed E-state index contributed by atoms with van der Waals surface area (Å²) < 4.78 is 6.77. The van der Waals surface area contributed by atoms with Gasteiger partial charge in [-0.1, -0.05) is 35.3 Å². The summed E-state index contributed by atoms with van der Waals surface area (Å²) in [7, 11) is 1.41. The van der Waals surface area contributed by atoms with Gasteiger partial charge in [0.05, 0.1) is 18.7 Å². The Morgan fingerprint density at radius 2 is 1.74 bits per heavy atom. The quantitative estimate of drug-likeness (QED) is 0.385. The number of imidazole rings is 1. The smallest absolute Gasteiger partial charge is 0.319 e. The lowest BCUT2D eigenvalue weighted by Gasteiger charge is -2.34. The number of methoxy groups -OCH3 is 1. The summed E-state index contributed by atoms with van der Waals surface area (Å²) in [6.07, 6.45) is 1.56. The largest absolute Gasteiger partial charge is 0.468 e. The topological polar surface area (TPSA) is 76.4 Å². The number of halogens is 2. The molecule has 0 bridgehead atoms. The van der Waals surface area contributed by atoms with E-state index in [1.54, 1.807) is 6.33 Å². The Morgan fingerprint density at radius 1 is 1.00 bits per heavy atom. The number of carbonyl (C=O) groups is 1. The third-order valence-corrected chi connectivity index (χ3v) is 6.46. The fourth-order valence-electron chi connectivity index (χ4n) is 4.13. The number of hydrogen-bond acceptors (Lipinski definition) is 7. The van der Waals surface area contributed by atoms with Crippen LogP contribution in [0, 0.1) is 0 Å². The van der Waals surface area contributed by atoms with Gasteiger partial charge in [0.1, 0.15) is 12.2 Å². The zero-order chi connectivity index (χ0) is 23.7. The standard InChI is InChI=1S/C24H22Cl2N6O2/c1-34-20(33)14-30-10-12-31(13-11-30)23-21-24(28-15-27-23)32(17-8-6-16(25)7-9-17)22(29-21)18-4-2-3-5-19(18)26/h2-9,15H,10-14H2,1H3. The van der Waals surface area contributed by atoms with Crippen LogP contribution in [0.25, 0.3) is 28.2 Å². The molecule has 1 fully saturated rings. The molecule has 1 aliphatic heterocycles. The molecule has 0 aliphatic carbocycles. The van der Waals surface area contributed by atoms with Crippen LogP contribution in [-0.2, 0) is 9.53 Å². The van der Waals surface area contributed by atoms with Crippen LogP contribution >= 0.6 is 23.2 Å².